The molecular formula is C34H30BrCl4N3O5. The van der Waals surface area contributed by atoms with Gasteiger partial charge in [0.1, 0.15) is 18.4 Å². The minimum absolute atomic E-state index is 0.184. The van der Waals surface area contributed by atoms with Gasteiger partial charge in [0.05, 0.1) is 22.3 Å². The third kappa shape index (κ3) is 10.8. The summed E-state index contributed by atoms with van der Waals surface area (Å²) in [4.78, 5) is 26.4. The lowest BCUT2D eigenvalue weighted by atomic mass is 10.1. The Morgan fingerprint density at radius 3 is 2.26 bits per heavy atom. The van der Waals surface area contributed by atoms with E-state index in [4.69, 9.17) is 60.6 Å². The maximum Gasteiger partial charge on any atom is 0.262 e. The smallest absolute Gasteiger partial charge is 0.262 e. The quantitative estimate of drug-likeness (QED) is 0.0986. The lowest BCUT2D eigenvalue weighted by molar-refractivity contribution is -0.132. The first-order valence-electron chi connectivity index (χ1n) is 14.4. The number of ether oxygens (including phenoxy) is 3. The van der Waals surface area contributed by atoms with Crippen LogP contribution < -0.4 is 25.0 Å². The molecule has 0 heterocycles. The summed E-state index contributed by atoms with van der Waals surface area (Å²) in [6.45, 7) is 3.98. The molecule has 0 radical (unpaired) electrons. The summed E-state index contributed by atoms with van der Waals surface area (Å²) in [7, 11) is 0. The second-order valence-electron chi connectivity index (χ2n) is 10.1. The van der Waals surface area contributed by atoms with Crippen molar-refractivity contribution in [3.8, 4) is 17.2 Å². The number of carbonyl (C=O) groups is 2. The first kappa shape index (κ1) is 36.4. The predicted molar refractivity (Wildman–Crippen MR) is 190 cm³/mol. The van der Waals surface area contributed by atoms with Crippen LogP contribution in [0.1, 0.15) is 30.5 Å². The van der Waals surface area contributed by atoms with Crippen molar-refractivity contribution in [3.05, 3.63) is 120 Å². The Hall–Kier alpha value is -3.47. The van der Waals surface area contributed by atoms with Crippen LogP contribution in [0.2, 0.25) is 20.1 Å². The number of hydrogen-bond donors (Lipinski definition) is 2. The molecule has 4 rings (SSSR count). The highest BCUT2D eigenvalue weighted by atomic mass is 79.9. The van der Waals surface area contributed by atoms with Gasteiger partial charge in [-0.15, -0.1) is 0 Å². The summed E-state index contributed by atoms with van der Waals surface area (Å²) in [5.74, 6) is 0.177. The van der Waals surface area contributed by atoms with Crippen LogP contribution in [0.25, 0.3) is 0 Å². The Balaban J connectivity index is 1.45. The first-order valence-corrected chi connectivity index (χ1v) is 16.7. The van der Waals surface area contributed by atoms with Crippen LogP contribution in [0.4, 0.5) is 0 Å². The molecule has 0 bridgehead atoms. The van der Waals surface area contributed by atoms with E-state index < -0.39 is 24.0 Å². The van der Waals surface area contributed by atoms with Crippen molar-refractivity contribution in [1.82, 2.24) is 10.7 Å². The number of hydrazone groups is 1. The fraction of sp³-hybridized carbons (Fsp3) is 0.206. The molecule has 0 aromatic heterocycles. The van der Waals surface area contributed by atoms with Gasteiger partial charge < -0.3 is 19.5 Å². The number of rotatable bonds is 14. The van der Waals surface area contributed by atoms with E-state index in [1.54, 1.807) is 49.4 Å². The van der Waals surface area contributed by atoms with Crippen LogP contribution in [0.5, 0.6) is 17.2 Å². The van der Waals surface area contributed by atoms with Gasteiger partial charge in [0, 0.05) is 27.1 Å². The summed E-state index contributed by atoms with van der Waals surface area (Å²) >= 11 is 28.0. The Labute approximate surface area is 301 Å². The molecule has 0 fully saturated rings. The van der Waals surface area contributed by atoms with Crippen LogP contribution in [-0.4, -0.2) is 36.8 Å². The second-order valence-corrected chi connectivity index (χ2v) is 12.6. The second kappa shape index (κ2) is 17.6. The van der Waals surface area contributed by atoms with E-state index in [0.29, 0.717) is 43.2 Å². The number of amides is 2. The van der Waals surface area contributed by atoms with Crippen LogP contribution in [0.3, 0.4) is 0 Å². The van der Waals surface area contributed by atoms with Crippen LogP contribution in [0.15, 0.2) is 88.4 Å². The van der Waals surface area contributed by atoms with Crippen molar-refractivity contribution in [2.24, 2.45) is 5.10 Å². The molecule has 0 unspecified atom stereocenters. The molecule has 0 spiro atoms. The van der Waals surface area contributed by atoms with Crippen molar-refractivity contribution in [2.45, 2.75) is 39.0 Å². The largest absolute Gasteiger partial charge is 0.490 e. The van der Waals surface area contributed by atoms with E-state index in [1.807, 2.05) is 37.3 Å². The molecule has 246 valence electrons. The molecule has 8 nitrogen and oxygen atoms in total. The minimum Gasteiger partial charge on any atom is -0.490 e. The van der Waals surface area contributed by atoms with E-state index in [-0.39, 0.29) is 23.8 Å². The highest BCUT2D eigenvalue weighted by Crippen LogP contribution is 2.37. The Morgan fingerprint density at radius 1 is 0.872 bits per heavy atom. The zero-order valence-electron chi connectivity index (χ0n) is 25.2. The summed E-state index contributed by atoms with van der Waals surface area (Å²) < 4.78 is 18.2. The van der Waals surface area contributed by atoms with Crippen molar-refractivity contribution in [3.63, 3.8) is 0 Å². The fourth-order valence-electron chi connectivity index (χ4n) is 4.27. The van der Waals surface area contributed by atoms with E-state index in [0.717, 1.165) is 11.1 Å². The van der Waals surface area contributed by atoms with E-state index in [1.165, 1.54) is 12.3 Å². The van der Waals surface area contributed by atoms with Gasteiger partial charge in [-0.2, -0.15) is 5.10 Å². The molecule has 47 heavy (non-hydrogen) atoms. The number of benzene rings is 4. The molecule has 4 aromatic rings. The number of halogens is 5. The molecule has 0 saturated heterocycles. The molecule has 0 aliphatic heterocycles. The summed E-state index contributed by atoms with van der Waals surface area (Å²) in [6.07, 6.45) is 0.710. The molecule has 2 N–H and O–H groups in total. The lowest BCUT2D eigenvalue weighted by Gasteiger charge is -2.21. The summed E-state index contributed by atoms with van der Waals surface area (Å²) in [6, 6.07) is 21.7. The monoisotopic (exact) mass is 779 g/mol. The van der Waals surface area contributed by atoms with Gasteiger partial charge in [0.2, 0.25) is 0 Å². The van der Waals surface area contributed by atoms with Crippen LogP contribution >= 0.6 is 62.3 Å². The van der Waals surface area contributed by atoms with E-state index in [2.05, 4.69) is 31.8 Å². The zero-order chi connectivity index (χ0) is 33.9. The fourth-order valence-corrected chi connectivity index (χ4v) is 5.76. The SMILES string of the molecule is CCOc1cc(/C=N\NC(=O)[C@@H](Cc2ccccc2)NC(=O)[C@@H](C)Oc2ccc(Cl)cc2Cl)cc(Br)c1OCc1ccc(Cl)cc1Cl. The molecule has 0 aliphatic carbocycles. The average molecular weight is 782 g/mol. The van der Waals surface area contributed by atoms with Gasteiger partial charge in [-0.1, -0.05) is 82.8 Å². The number of nitrogens with one attached hydrogen (secondary N) is 2. The Morgan fingerprint density at radius 2 is 1.57 bits per heavy atom. The van der Waals surface area contributed by atoms with Crippen molar-refractivity contribution in [2.75, 3.05) is 6.61 Å². The summed E-state index contributed by atoms with van der Waals surface area (Å²) in [5, 5.41) is 8.62. The number of hydrogen-bond acceptors (Lipinski definition) is 6. The minimum atomic E-state index is -0.964. The van der Waals surface area contributed by atoms with Crippen molar-refractivity contribution >= 4 is 80.4 Å². The molecule has 0 aliphatic rings. The molecule has 2 atom stereocenters. The van der Waals surface area contributed by atoms with Crippen molar-refractivity contribution in [1.29, 1.82) is 0 Å². The molecule has 0 saturated carbocycles. The number of carbonyl (C=O) groups excluding carboxylic acids is 2. The first-order chi connectivity index (χ1) is 22.5. The van der Waals surface area contributed by atoms with Crippen molar-refractivity contribution < 1.29 is 23.8 Å². The molecular weight excluding hydrogens is 752 g/mol. The maximum absolute atomic E-state index is 13.3. The maximum atomic E-state index is 13.3. The highest BCUT2D eigenvalue weighted by molar-refractivity contribution is 9.10. The summed E-state index contributed by atoms with van der Waals surface area (Å²) in [5.41, 5.74) is 4.74. The average Bonchev–Trinajstić information content (AvgIpc) is 3.03. The molecule has 2 amide bonds. The van der Waals surface area contributed by atoms with Gasteiger partial charge in [-0.3, -0.25) is 9.59 Å². The van der Waals surface area contributed by atoms with Gasteiger partial charge in [0.15, 0.2) is 17.6 Å². The van der Waals surface area contributed by atoms with Gasteiger partial charge in [-0.25, -0.2) is 5.43 Å². The Kier molecular flexibility index (Phi) is 13.6. The standard InChI is InChI=1S/C34H30BrCl4N3O5/c1-3-45-31-15-22(13-26(35)32(31)46-19-23-9-10-24(36)16-27(23)38)18-40-42-34(44)29(14-21-7-5-4-6-8-21)41-33(43)20(2)47-30-12-11-25(37)17-28(30)39/h4-13,15-18,20,29H,3,14,19H2,1-2H3,(H,41,43)(H,42,44)/b40-18-/t20-,29-/m1/s1. The third-order valence-corrected chi connectivity index (χ3v) is 8.30. The lowest BCUT2D eigenvalue weighted by Crippen LogP contribution is -2.50. The normalized spacial score (nSPS) is 12.3. The topological polar surface area (TPSA) is 98.2 Å². The van der Waals surface area contributed by atoms with E-state index in [9.17, 15) is 9.59 Å². The predicted octanol–water partition coefficient (Wildman–Crippen LogP) is 8.69. The van der Waals surface area contributed by atoms with Gasteiger partial charge >= 0.3 is 0 Å². The third-order valence-electron chi connectivity index (χ3n) is 6.59. The van der Waals surface area contributed by atoms with Gasteiger partial charge in [-0.05, 0) is 83.4 Å². The van der Waals surface area contributed by atoms with Crippen LogP contribution in [-0.2, 0) is 22.6 Å². The zero-order valence-corrected chi connectivity index (χ0v) is 29.8. The van der Waals surface area contributed by atoms with Gasteiger partial charge in [0.25, 0.3) is 11.8 Å². The number of nitrogens with zero attached hydrogens (tertiary/aromatic N) is 1. The molecule has 4 aromatic carbocycles. The molecule has 13 heteroatoms. The van der Waals surface area contributed by atoms with Crippen LogP contribution in [0, 0.1) is 0 Å². The highest BCUT2D eigenvalue weighted by Gasteiger charge is 2.25. The Bertz CT molecular complexity index is 1740. The van der Waals surface area contributed by atoms with E-state index >= 15 is 0 Å².